The third-order valence-electron chi connectivity index (χ3n) is 4.55. The molecule has 0 aliphatic rings. The highest BCUT2D eigenvalue weighted by Crippen LogP contribution is 2.39. The second-order valence-corrected chi connectivity index (χ2v) is 6.67. The maximum absolute atomic E-state index is 12.1. The lowest BCUT2D eigenvalue weighted by Crippen LogP contribution is -2.23. The third kappa shape index (κ3) is 3.47. The second kappa shape index (κ2) is 8.21. The Balaban J connectivity index is 2.08. The molecule has 0 aliphatic carbocycles. The number of ether oxygens (including phenoxy) is 3. The molecule has 1 amide bonds. The summed E-state index contributed by atoms with van der Waals surface area (Å²) in [6.45, 7) is 4.46. The average Bonchev–Trinajstić information content (AvgIpc) is 3.11. The summed E-state index contributed by atoms with van der Waals surface area (Å²) < 4.78 is 18.2. The number of rotatable bonds is 8. The topological polar surface area (TPSA) is 65.3 Å². The van der Waals surface area contributed by atoms with Gasteiger partial charge in [0, 0.05) is 6.20 Å². The Bertz CT molecular complexity index is 956. The van der Waals surface area contributed by atoms with Gasteiger partial charge in [0.05, 0.1) is 33.6 Å². The van der Waals surface area contributed by atoms with Crippen molar-refractivity contribution in [3.05, 3.63) is 47.8 Å². The Morgan fingerprint density at radius 2 is 1.79 bits per heavy atom. The molecule has 0 saturated carbocycles. The number of carbonyl (C=O) groups excluding carboxylic acids is 1. The van der Waals surface area contributed by atoms with Gasteiger partial charge in [-0.25, -0.2) is 4.98 Å². The molecule has 0 radical (unpaired) electrons. The first-order chi connectivity index (χ1) is 13.5. The zero-order valence-corrected chi connectivity index (χ0v) is 16.8. The van der Waals surface area contributed by atoms with Crippen LogP contribution in [0.1, 0.15) is 31.0 Å². The van der Waals surface area contributed by atoms with E-state index in [2.05, 4.69) is 13.8 Å². The number of nitrogens with zero attached hydrogens (tertiary/aromatic N) is 3. The number of aromatic nitrogens is 2. The van der Waals surface area contributed by atoms with E-state index in [-0.39, 0.29) is 5.92 Å². The van der Waals surface area contributed by atoms with E-state index in [9.17, 15) is 4.79 Å². The molecule has 28 heavy (non-hydrogen) atoms. The third-order valence-corrected chi connectivity index (χ3v) is 4.55. The molecule has 0 spiro atoms. The van der Waals surface area contributed by atoms with Crippen molar-refractivity contribution in [2.24, 2.45) is 0 Å². The fourth-order valence-corrected chi connectivity index (χ4v) is 3.26. The van der Waals surface area contributed by atoms with Gasteiger partial charge in [0.2, 0.25) is 12.2 Å². The molecule has 2 heterocycles. The molecule has 7 heteroatoms. The van der Waals surface area contributed by atoms with Crippen molar-refractivity contribution in [3.63, 3.8) is 0 Å². The van der Waals surface area contributed by atoms with Crippen molar-refractivity contribution < 1.29 is 19.0 Å². The van der Waals surface area contributed by atoms with E-state index in [4.69, 9.17) is 19.2 Å². The minimum atomic E-state index is 0.164. The number of amides is 1. The number of methoxy groups -OCH3 is 3. The van der Waals surface area contributed by atoms with Gasteiger partial charge in [-0.1, -0.05) is 19.9 Å². The Morgan fingerprint density at radius 1 is 1.11 bits per heavy atom. The summed E-state index contributed by atoms with van der Waals surface area (Å²) in [5.41, 5.74) is 2.52. The van der Waals surface area contributed by atoms with Crippen molar-refractivity contribution in [3.8, 4) is 17.2 Å². The van der Waals surface area contributed by atoms with Gasteiger partial charge in [0.15, 0.2) is 11.5 Å². The molecule has 0 aliphatic heterocycles. The van der Waals surface area contributed by atoms with Crippen molar-refractivity contribution in [2.75, 3.05) is 26.2 Å². The molecule has 0 fully saturated rings. The van der Waals surface area contributed by atoms with E-state index in [0.717, 1.165) is 29.1 Å². The highest BCUT2D eigenvalue weighted by molar-refractivity contribution is 5.77. The van der Waals surface area contributed by atoms with Gasteiger partial charge in [-0.15, -0.1) is 0 Å². The van der Waals surface area contributed by atoms with Gasteiger partial charge in [-0.2, -0.15) is 0 Å². The van der Waals surface area contributed by atoms with Crippen LogP contribution in [-0.2, 0) is 11.3 Å². The lowest BCUT2D eigenvalue weighted by Gasteiger charge is -2.21. The molecule has 1 aromatic carbocycles. The van der Waals surface area contributed by atoms with E-state index in [0.29, 0.717) is 23.8 Å². The highest BCUT2D eigenvalue weighted by Gasteiger charge is 2.22. The van der Waals surface area contributed by atoms with Gasteiger partial charge in [0.1, 0.15) is 11.5 Å². The Hall–Kier alpha value is -3.22. The van der Waals surface area contributed by atoms with Crippen LogP contribution >= 0.6 is 0 Å². The molecule has 0 atom stereocenters. The highest BCUT2D eigenvalue weighted by atomic mass is 16.5. The average molecular weight is 383 g/mol. The van der Waals surface area contributed by atoms with Gasteiger partial charge >= 0.3 is 0 Å². The number of imidazole rings is 1. The molecule has 2 aromatic heterocycles. The lowest BCUT2D eigenvalue weighted by atomic mass is 10.1. The molecule has 7 nitrogen and oxygen atoms in total. The summed E-state index contributed by atoms with van der Waals surface area (Å²) in [5, 5.41) is 0. The van der Waals surface area contributed by atoms with Crippen LogP contribution in [0, 0.1) is 0 Å². The van der Waals surface area contributed by atoms with Crippen LogP contribution in [0.15, 0.2) is 36.5 Å². The number of anilines is 1. The fraction of sp³-hybridized carbons (Fsp3) is 0.333. The molecule has 3 rings (SSSR count). The summed E-state index contributed by atoms with van der Waals surface area (Å²) in [5.74, 6) is 2.53. The van der Waals surface area contributed by atoms with E-state index in [1.165, 1.54) is 0 Å². The Morgan fingerprint density at radius 3 is 2.32 bits per heavy atom. The maximum Gasteiger partial charge on any atom is 0.215 e. The predicted molar refractivity (Wildman–Crippen MR) is 108 cm³/mol. The van der Waals surface area contributed by atoms with E-state index in [1.807, 2.05) is 40.9 Å². The van der Waals surface area contributed by atoms with Crippen LogP contribution < -0.4 is 19.1 Å². The van der Waals surface area contributed by atoms with E-state index < -0.39 is 0 Å². The number of pyridine rings is 1. The largest absolute Gasteiger partial charge is 0.493 e. The number of carbonyl (C=O) groups is 1. The van der Waals surface area contributed by atoms with Gasteiger partial charge in [0.25, 0.3) is 0 Å². The van der Waals surface area contributed by atoms with Gasteiger partial charge < -0.3 is 14.2 Å². The second-order valence-electron chi connectivity index (χ2n) is 6.67. The predicted octanol–water partition coefficient (Wildman–Crippen LogP) is 3.65. The van der Waals surface area contributed by atoms with Crippen molar-refractivity contribution in [2.45, 2.75) is 26.3 Å². The molecule has 0 saturated heterocycles. The molecule has 3 aromatic rings. The molecule has 0 unspecified atom stereocenters. The van der Waals surface area contributed by atoms with Crippen LogP contribution in [0.5, 0.6) is 17.2 Å². The van der Waals surface area contributed by atoms with Gasteiger partial charge in [-0.3, -0.25) is 14.1 Å². The monoisotopic (exact) mass is 383 g/mol. The van der Waals surface area contributed by atoms with Crippen molar-refractivity contribution >= 4 is 17.9 Å². The minimum Gasteiger partial charge on any atom is -0.493 e. The molecule has 0 N–H and O–H groups in total. The van der Waals surface area contributed by atoms with Crippen molar-refractivity contribution in [1.82, 2.24) is 9.38 Å². The number of fused-ring (bicyclic) bond motifs is 1. The Kier molecular flexibility index (Phi) is 5.73. The number of hydrogen-bond donors (Lipinski definition) is 0. The van der Waals surface area contributed by atoms with Gasteiger partial charge in [-0.05, 0) is 35.7 Å². The summed E-state index contributed by atoms with van der Waals surface area (Å²) in [7, 11) is 4.70. The smallest absolute Gasteiger partial charge is 0.215 e. The van der Waals surface area contributed by atoms with Crippen LogP contribution in [0.3, 0.4) is 0 Å². The summed E-state index contributed by atoms with van der Waals surface area (Å²) >= 11 is 0. The first-order valence-corrected chi connectivity index (χ1v) is 9.01. The molecule has 0 bridgehead atoms. The van der Waals surface area contributed by atoms with Crippen LogP contribution in [0.2, 0.25) is 0 Å². The summed E-state index contributed by atoms with van der Waals surface area (Å²) in [6, 6.07) is 9.47. The maximum atomic E-state index is 12.1. The fourth-order valence-electron chi connectivity index (χ4n) is 3.26. The zero-order chi connectivity index (χ0) is 20.3. The molecule has 148 valence electrons. The van der Waals surface area contributed by atoms with Crippen LogP contribution in [0.4, 0.5) is 5.82 Å². The number of benzene rings is 1. The van der Waals surface area contributed by atoms with Crippen molar-refractivity contribution in [1.29, 1.82) is 0 Å². The molecular formula is C21H25N3O4. The first kappa shape index (κ1) is 19.5. The summed E-state index contributed by atoms with van der Waals surface area (Å²) in [6.07, 6.45) is 2.74. The van der Waals surface area contributed by atoms with Crippen LogP contribution in [0.25, 0.3) is 5.65 Å². The normalized spacial score (nSPS) is 10.9. The SMILES string of the molecule is COc1cc(CN(C=O)c2c(C(C)C)nc3ccccn23)cc(OC)c1OC. The minimum absolute atomic E-state index is 0.164. The Labute approximate surface area is 164 Å². The zero-order valence-electron chi connectivity index (χ0n) is 16.8. The van der Waals surface area contributed by atoms with Crippen LogP contribution in [-0.4, -0.2) is 37.1 Å². The van der Waals surface area contributed by atoms with E-state index >= 15 is 0 Å². The van der Waals surface area contributed by atoms with E-state index in [1.54, 1.807) is 26.2 Å². The number of hydrogen-bond acceptors (Lipinski definition) is 5. The molecular weight excluding hydrogens is 358 g/mol. The lowest BCUT2D eigenvalue weighted by molar-refractivity contribution is -0.107. The summed E-state index contributed by atoms with van der Waals surface area (Å²) in [4.78, 5) is 18.4. The quantitative estimate of drug-likeness (QED) is 0.556. The standard InChI is InChI=1S/C21H25N3O4/c1-14(2)19-21(24-9-7-6-8-18(24)22-19)23(13-25)12-15-10-16(26-3)20(28-5)17(11-15)27-4/h6-11,13-14H,12H2,1-5H3. The first-order valence-electron chi connectivity index (χ1n) is 9.01.